The molecular formula is C16H12F3N3O3. The maximum atomic E-state index is 12.2. The van der Waals surface area contributed by atoms with Crippen molar-refractivity contribution < 1.29 is 27.1 Å². The second-order valence-corrected chi connectivity index (χ2v) is 5.16. The summed E-state index contributed by atoms with van der Waals surface area (Å²) in [6, 6.07) is 7.51. The number of fused-ring (bicyclic) bond motifs is 1. The maximum Gasteiger partial charge on any atom is 0.422 e. The Labute approximate surface area is 139 Å². The van der Waals surface area contributed by atoms with Crippen LogP contribution < -0.4 is 10.1 Å². The van der Waals surface area contributed by atoms with Gasteiger partial charge in [0.2, 0.25) is 5.88 Å². The molecule has 25 heavy (non-hydrogen) atoms. The number of oxazole rings is 1. The van der Waals surface area contributed by atoms with Gasteiger partial charge in [0.05, 0.1) is 5.56 Å². The zero-order valence-corrected chi connectivity index (χ0v) is 12.9. The highest BCUT2D eigenvalue weighted by Gasteiger charge is 2.28. The summed E-state index contributed by atoms with van der Waals surface area (Å²) in [5.41, 5.74) is 1.87. The summed E-state index contributed by atoms with van der Waals surface area (Å²) < 4.78 is 46.1. The lowest BCUT2D eigenvalue weighted by Crippen LogP contribution is -2.19. The van der Waals surface area contributed by atoms with Crippen molar-refractivity contribution in [3.8, 4) is 5.88 Å². The molecular weight excluding hydrogens is 339 g/mol. The number of aromatic nitrogens is 2. The van der Waals surface area contributed by atoms with Gasteiger partial charge < -0.3 is 14.5 Å². The molecule has 0 saturated carbocycles. The number of aryl methyl sites for hydroxylation is 1. The van der Waals surface area contributed by atoms with Crippen LogP contribution in [0.25, 0.3) is 11.1 Å². The molecule has 0 bridgehead atoms. The molecule has 3 rings (SSSR count). The van der Waals surface area contributed by atoms with Crippen LogP contribution in [0.5, 0.6) is 5.88 Å². The van der Waals surface area contributed by atoms with Crippen molar-refractivity contribution in [2.24, 2.45) is 0 Å². The molecule has 6 nitrogen and oxygen atoms in total. The molecule has 1 N–H and O–H groups in total. The molecule has 9 heteroatoms. The fourth-order valence-electron chi connectivity index (χ4n) is 2.08. The van der Waals surface area contributed by atoms with Gasteiger partial charge in [-0.2, -0.15) is 13.2 Å². The molecule has 0 saturated heterocycles. The molecule has 0 spiro atoms. The number of carbonyl (C=O) groups is 1. The van der Waals surface area contributed by atoms with Gasteiger partial charge >= 0.3 is 6.18 Å². The maximum absolute atomic E-state index is 12.2. The molecule has 0 atom stereocenters. The van der Waals surface area contributed by atoms with Crippen molar-refractivity contribution in [1.29, 1.82) is 0 Å². The molecule has 3 aromatic rings. The predicted molar refractivity (Wildman–Crippen MR) is 82.5 cm³/mol. The molecule has 1 amide bonds. The van der Waals surface area contributed by atoms with E-state index in [1.165, 1.54) is 12.1 Å². The molecule has 0 aliphatic heterocycles. The van der Waals surface area contributed by atoms with Gasteiger partial charge in [0, 0.05) is 30.9 Å². The number of anilines is 1. The Kier molecular flexibility index (Phi) is 4.30. The van der Waals surface area contributed by atoms with Crippen molar-refractivity contribution in [3.05, 3.63) is 48.0 Å². The van der Waals surface area contributed by atoms with E-state index in [0.717, 1.165) is 6.20 Å². The van der Waals surface area contributed by atoms with Gasteiger partial charge in [-0.1, -0.05) is 0 Å². The standard InChI is InChI=1S/C16H12F3N3O3/c1-9-21-12-4-3-11(6-13(12)25-9)22-15(23)10-2-5-14(20-7-10)24-8-16(17,18)19/h2-7H,8H2,1H3,(H,22,23). The van der Waals surface area contributed by atoms with Crippen LogP contribution in [0.1, 0.15) is 16.2 Å². The number of hydrogen-bond acceptors (Lipinski definition) is 5. The van der Waals surface area contributed by atoms with Crippen molar-refractivity contribution in [3.63, 3.8) is 0 Å². The Morgan fingerprint density at radius 2 is 2.08 bits per heavy atom. The third-order valence-electron chi connectivity index (χ3n) is 3.14. The highest BCUT2D eigenvalue weighted by Crippen LogP contribution is 2.21. The first kappa shape index (κ1) is 16.7. The summed E-state index contributed by atoms with van der Waals surface area (Å²) >= 11 is 0. The summed E-state index contributed by atoms with van der Waals surface area (Å²) in [7, 11) is 0. The minimum Gasteiger partial charge on any atom is -0.468 e. The van der Waals surface area contributed by atoms with Gasteiger partial charge in [-0.3, -0.25) is 4.79 Å². The first-order valence-corrected chi connectivity index (χ1v) is 7.14. The van der Waals surface area contributed by atoms with Crippen LogP contribution in [0, 0.1) is 6.92 Å². The van der Waals surface area contributed by atoms with Gasteiger partial charge in [-0.25, -0.2) is 9.97 Å². The SMILES string of the molecule is Cc1nc2ccc(NC(=O)c3ccc(OCC(F)(F)F)nc3)cc2o1. The van der Waals surface area contributed by atoms with Crippen LogP contribution in [0.15, 0.2) is 40.9 Å². The molecule has 0 aliphatic rings. The van der Waals surface area contributed by atoms with E-state index in [9.17, 15) is 18.0 Å². The zero-order valence-electron chi connectivity index (χ0n) is 12.9. The molecule has 0 fully saturated rings. The second kappa shape index (κ2) is 6.42. The first-order valence-electron chi connectivity index (χ1n) is 7.14. The number of hydrogen-bond donors (Lipinski definition) is 1. The van der Waals surface area contributed by atoms with Gasteiger partial charge in [0.25, 0.3) is 5.91 Å². The Balaban J connectivity index is 1.67. The van der Waals surface area contributed by atoms with Crippen molar-refractivity contribution in [2.75, 3.05) is 11.9 Å². The summed E-state index contributed by atoms with van der Waals surface area (Å²) in [6.45, 7) is 0.272. The Bertz CT molecular complexity index is 904. The average Bonchev–Trinajstić information content (AvgIpc) is 2.92. The Morgan fingerprint density at radius 3 is 2.76 bits per heavy atom. The molecule has 0 aliphatic carbocycles. The second-order valence-electron chi connectivity index (χ2n) is 5.16. The lowest BCUT2D eigenvalue weighted by molar-refractivity contribution is -0.154. The molecule has 0 radical (unpaired) electrons. The summed E-state index contributed by atoms with van der Waals surface area (Å²) in [5.74, 6) is -0.171. The average molecular weight is 351 g/mol. The molecule has 2 heterocycles. The number of rotatable bonds is 4. The van der Waals surface area contributed by atoms with Crippen LogP contribution in [-0.4, -0.2) is 28.7 Å². The minimum atomic E-state index is -4.45. The number of ether oxygens (including phenoxy) is 1. The van der Waals surface area contributed by atoms with Crippen molar-refractivity contribution in [2.45, 2.75) is 13.1 Å². The van der Waals surface area contributed by atoms with E-state index in [2.05, 4.69) is 20.0 Å². The smallest absolute Gasteiger partial charge is 0.422 e. The highest BCUT2D eigenvalue weighted by atomic mass is 19.4. The number of pyridine rings is 1. The quantitative estimate of drug-likeness (QED) is 0.775. The van der Waals surface area contributed by atoms with E-state index < -0.39 is 18.7 Å². The number of halogens is 3. The number of alkyl halides is 3. The van der Waals surface area contributed by atoms with Crippen LogP contribution in [-0.2, 0) is 0 Å². The van der Waals surface area contributed by atoms with E-state index >= 15 is 0 Å². The fourth-order valence-corrected chi connectivity index (χ4v) is 2.08. The van der Waals surface area contributed by atoms with Gasteiger partial charge in [0.1, 0.15) is 5.52 Å². The van der Waals surface area contributed by atoms with Crippen LogP contribution >= 0.6 is 0 Å². The zero-order chi connectivity index (χ0) is 18.0. The van der Waals surface area contributed by atoms with Gasteiger partial charge in [-0.05, 0) is 18.2 Å². The molecule has 1 aromatic carbocycles. The van der Waals surface area contributed by atoms with Gasteiger partial charge in [-0.15, -0.1) is 0 Å². The van der Waals surface area contributed by atoms with Gasteiger partial charge in [0.15, 0.2) is 18.1 Å². The predicted octanol–water partition coefficient (Wildman–Crippen LogP) is 3.72. The molecule has 2 aromatic heterocycles. The number of benzene rings is 1. The molecule has 130 valence electrons. The van der Waals surface area contributed by atoms with E-state index in [0.29, 0.717) is 22.7 Å². The third-order valence-corrected chi connectivity index (χ3v) is 3.14. The van der Waals surface area contributed by atoms with Crippen LogP contribution in [0.4, 0.5) is 18.9 Å². The first-order chi connectivity index (χ1) is 11.8. The topological polar surface area (TPSA) is 77.2 Å². The van der Waals surface area contributed by atoms with Crippen molar-refractivity contribution in [1.82, 2.24) is 9.97 Å². The van der Waals surface area contributed by atoms with Crippen LogP contribution in [0.2, 0.25) is 0 Å². The number of carbonyl (C=O) groups excluding carboxylic acids is 1. The van der Waals surface area contributed by atoms with E-state index in [4.69, 9.17) is 4.42 Å². The van der Waals surface area contributed by atoms with E-state index in [1.807, 2.05) is 0 Å². The summed E-state index contributed by atoms with van der Waals surface area (Å²) in [5, 5.41) is 2.65. The summed E-state index contributed by atoms with van der Waals surface area (Å²) in [6.07, 6.45) is -3.31. The minimum absolute atomic E-state index is 0.174. The molecule has 0 unspecified atom stereocenters. The number of amides is 1. The third kappa shape index (κ3) is 4.25. The monoisotopic (exact) mass is 351 g/mol. The van der Waals surface area contributed by atoms with Crippen molar-refractivity contribution >= 4 is 22.7 Å². The van der Waals surface area contributed by atoms with E-state index in [1.54, 1.807) is 25.1 Å². The Morgan fingerprint density at radius 1 is 1.28 bits per heavy atom. The number of nitrogens with one attached hydrogen (secondary N) is 1. The largest absolute Gasteiger partial charge is 0.468 e. The van der Waals surface area contributed by atoms with E-state index in [-0.39, 0.29) is 11.4 Å². The number of nitrogens with zero attached hydrogens (tertiary/aromatic N) is 2. The highest BCUT2D eigenvalue weighted by molar-refractivity contribution is 6.04. The lowest BCUT2D eigenvalue weighted by atomic mass is 10.2. The fraction of sp³-hybridized carbons (Fsp3) is 0.188. The lowest BCUT2D eigenvalue weighted by Gasteiger charge is -2.09. The normalized spacial score (nSPS) is 11.5. The summed E-state index contributed by atoms with van der Waals surface area (Å²) in [4.78, 5) is 20.0. The Hall–Kier alpha value is -3.10. The van der Waals surface area contributed by atoms with Crippen LogP contribution in [0.3, 0.4) is 0 Å².